The number of ether oxygens (including phenoxy) is 1. The van der Waals surface area contributed by atoms with Crippen LogP contribution in [-0.2, 0) is 14.8 Å². The summed E-state index contributed by atoms with van der Waals surface area (Å²) in [6.07, 6.45) is 1.92. The van der Waals surface area contributed by atoms with E-state index in [1.165, 1.54) is 18.2 Å². The number of nitrogens with two attached hydrogens (primary N) is 1. The number of para-hydroxylation sites is 1. The van der Waals surface area contributed by atoms with Crippen molar-refractivity contribution in [2.45, 2.75) is 17.4 Å². The maximum absolute atomic E-state index is 12.7. The molecule has 26 heavy (non-hydrogen) atoms. The number of carbonyl (C=O) groups excluding carboxylic acids is 1. The number of sulfonamides is 1. The predicted octanol–water partition coefficient (Wildman–Crippen LogP) is 1.93. The maximum Gasteiger partial charge on any atom is 0.272 e. The number of anilines is 2. The van der Waals surface area contributed by atoms with Gasteiger partial charge in [0.1, 0.15) is 5.75 Å². The molecule has 0 bridgehead atoms. The molecule has 2 aromatic carbocycles. The Morgan fingerprint density at radius 2 is 1.92 bits per heavy atom. The van der Waals surface area contributed by atoms with E-state index < -0.39 is 15.6 Å². The van der Waals surface area contributed by atoms with Gasteiger partial charge in [-0.05, 0) is 36.8 Å². The largest absolute Gasteiger partial charge is 0.471 e. The summed E-state index contributed by atoms with van der Waals surface area (Å²) in [5.74, 6) is -0.0563. The van der Waals surface area contributed by atoms with E-state index >= 15 is 0 Å². The molecule has 2 aromatic rings. The Labute approximate surface area is 150 Å². The minimum Gasteiger partial charge on any atom is -0.471 e. The quantitative estimate of drug-likeness (QED) is 0.747. The molecule has 1 amide bonds. The average molecular weight is 371 g/mol. The zero-order valence-corrected chi connectivity index (χ0v) is 14.8. The Morgan fingerprint density at radius 3 is 2.69 bits per heavy atom. The van der Waals surface area contributed by atoms with Crippen LogP contribution in [0.15, 0.2) is 52.9 Å². The Balaban J connectivity index is 1.77. The van der Waals surface area contributed by atoms with Crippen LogP contribution in [0.25, 0.3) is 6.08 Å². The van der Waals surface area contributed by atoms with Crippen molar-refractivity contribution in [1.29, 1.82) is 0 Å². The normalized spacial score (nSPS) is 21.5. The van der Waals surface area contributed by atoms with Crippen molar-refractivity contribution < 1.29 is 17.9 Å². The summed E-state index contributed by atoms with van der Waals surface area (Å²) in [7, 11) is -3.87. The first-order valence-electron chi connectivity index (χ1n) is 7.99. The van der Waals surface area contributed by atoms with Crippen molar-refractivity contribution in [3.63, 3.8) is 0 Å². The van der Waals surface area contributed by atoms with E-state index in [1.807, 2.05) is 30.3 Å². The third-order valence-corrected chi connectivity index (χ3v) is 5.56. The molecule has 7 nitrogen and oxygen atoms in total. The van der Waals surface area contributed by atoms with E-state index in [2.05, 4.69) is 10.6 Å². The van der Waals surface area contributed by atoms with Crippen molar-refractivity contribution in [2.75, 3.05) is 17.2 Å². The van der Waals surface area contributed by atoms with Crippen LogP contribution in [0, 0.1) is 0 Å². The first-order chi connectivity index (χ1) is 12.3. The molecule has 0 saturated carbocycles. The van der Waals surface area contributed by atoms with Crippen LogP contribution in [0.4, 0.5) is 11.4 Å². The van der Waals surface area contributed by atoms with Crippen LogP contribution in [0.1, 0.15) is 12.5 Å². The van der Waals surface area contributed by atoms with Crippen LogP contribution in [-0.4, -0.2) is 26.5 Å². The summed E-state index contributed by atoms with van der Waals surface area (Å²) >= 11 is 0. The van der Waals surface area contributed by atoms with Crippen molar-refractivity contribution >= 4 is 33.4 Å². The summed E-state index contributed by atoms with van der Waals surface area (Å²) < 4.78 is 29.2. The molecule has 0 radical (unpaired) electrons. The second-order valence-corrected chi connectivity index (χ2v) is 7.96. The van der Waals surface area contributed by atoms with Gasteiger partial charge in [0.2, 0.25) is 15.6 Å². The first-order valence-corrected chi connectivity index (χ1v) is 9.53. The van der Waals surface area contributed by atoms with Crippen molar-refractivity contribution in [3.8, 4) is 5.75 Å². The van der Waals surface area contributed by atoms with Gasteiger partial charge in [-0.1, -0.05) is 18.2 Å². The molecule has 0 saturated heterocycles. The highest BCUT2D eigenvalue weighted by Gasteiger charge is 2.44. The second-order valence-electron chi connectivity index (χ2n) is 6.40. The molecule has 0 spiro atoms. The fourth-order valence-corrected chi connectivity index (χ4v) is 3.64. The molecule has 0 fully saturated rings. The van der Waals surface area contributed by atoms with Gasteiger partial charge < -0.3 is 15.4 Å². The topological polar surface area (TPSA) is 111 Å². The van der Waals surface area contributed by atoms with E-state index in [4.69, 9.17) is 9.88 Å². The van der Waals surface area contributed by atoms with Crippen molar-refractivity contribution in [2.24, 2.45) is 5.14 Å². The summed E-state index contributed by atoms with van der Waals surface area (Å²) in [5, 5.41) is 11.2. The third kappa shape index (κ3) is 2.63. The molecule has 4 N–H and O–H groups in total. The van der Waals surface area contributed by atoms with Crippen molar-refractivity contribution in [3.05, 3.63) is 53.6 Å². The van der Waals surface area contributed by atoms with E-state index in [-0.39, 0.29) is 16.6 Å². The number of primary sulfonamides is 1. The Bertz CT molecular complexity index is 1060. The molecule has 2 aliphatic heterocycles. The summed E-state index contributed by atoms with van der Waals surface area (Å²) in [5.41, 5.74) is 1.80. The van der Waals surface area contributed by atoms with E-state index in [0.717, 1.165) is 16.8 Å². The molecular weight excluding hydrogens is 354 g/mol. The molecule has 1 atom stereocenters. The monoisotopic (exact) mass is 371 g/mol. The highest BCUT2D eigenvalue weighted by atomic mass is 32.2. The Kier molecular flexibility index (Phi) is 3.57. The number of amides is 1. The SMILES string of the molecule is CC1(C2=Cc3ccccc3NC2)Oc2cc(S(N)(=O)=O)ccc2NC1=O. The Hall–Kier alpha value is -2.84. The lowest BCUT2D eigenvalue weighted by Crippen LogP contribution is -2.51. The van der Waals surface area contributed by atoms with Crippen molar-refractivity contribution in [1.82, 2.24) is 0 Å². The van der Waals surface area contributed by atoms with Gasteiger partial charge in [-0.3, -0.25) is 4.79 Å². The van der Waals surface area contributed by atoms with Gasteiger partial charge in [0, 0.05) is 23.9 Å². The molecule has 0 aromatic heterocycles. The lowest BCUT2D eigenvalue weighted by Gasteiger charge is -2.38. The van der Waals surface area contributed by atoms with Gasteiger partial charge >= 0.3 is 0 Å². The second kappa shape index (κ2) is 5.58. The minimum atomic E-state index is -3.87. The van der Waals surface area contributed by atoms with Gasteiger partial charge in [-0.25, -0.2) is 13.6 Å². The van der Waals surface area contributed by atoms with Crippen LogP contribution in [0.3, 0.4) is 0 Å². The smallest absolute Gasteiger partial charge is 0.272 e. The van der Waals surface area contributed by atoms with Crippen LogP contribution < -0.4 is 20.5 Å². The highest BCUT2D eigenvalue weighted by Crippen LogP contribution is 2.40. The lowest BCUT2D eigenvalue weighted by molar-refractivity contribution is -0.128. The number of benzene rings is 2. The van der Waals surface area contributed by atoms with Crippen LogP contribution >= 0.6 is 0 Å². The van der Waals surface area contributed by atoms with E-state index in [9.17, 15) is 13.2 Å². The van der Waals surface area contributed by atoms with E-state index in [0.29, 0.717) is 12.2 Å². The minimum absolute atomic E-state index is 0.0733. The van der Waals surface area contributed by atoms with Gasteiger partial charge in [0.05, 0.1) is 10.6 Å². The molecule has 2 heterocycles. The Morgan fingerprint density at radius 1 is 1.15 bits per heavy atom. The van der Waals surface area contributed by atoms with E-state index in [1.54, 1.807) is 6.92 Å². The fraction of sp³-hybridized carbons (Fsp3) is 0.167. The number of hydrogen-bond donors (Lipinski definition) is 3. The molecule has 134 valence electrons. The number of hydrogen-bond acceptors (Lipinski definition) is 5. The zero-order valence-electron chi connectivity index (χ0n) is 13.9. The lowest BCUT2D eigenvalue weighted by atomic mass is 9.88. The summed E-state index contributed by atoms with van der Waals surface area (Å²) in [6, 6.07) is 11.9. The molecule has 2 aliphatic rings. The summed E-state index contributed by atoms with van der Waals surface area (Å²) in [6.45, 7) is 2.10. The fourth-order valence-electron chi connectivity index (χ4n) is 3.11. The number of fused-ring (bicyclic) bond motifs is 2. The molecule has 4 rings (SSSR count). The zero-order chi connectivity index (χ0) is 18.5. The number of nitrogens with one attached hydrogen (secondary N) is 2. The van der Waals surface area contributed by atoms with Gasteiger partial charge in [0.15, 0.2) is 0 Å². The maximum atomic E-state index is 12.7. The average Bonchev–Trinajstić information content (AvgIpc) is 2.61. The summed E-state index contributed by atoms with van der Waals surface area (Å²) in [4.78, 5) is 12.7. The third-order valence-electron chi connectivity index (χ3n) is 4.65. The van der Waals surface area contributed by atoms with Gasteiger partial charge in [0.25, 0.3) is 5.91 Å². The number of rotatable bonds is 2. The standard InChI is InChI=1S/C18H17N3O4S/c1-18(12-8-11-4-2-3-5-14(11)20-10-12)17(22)21-15-7-6-13(26(19,23)24)9-16(15)25-18/h2-9,20H,10H2,1H3,(H,21,22)(H2,19,23,24). The predicted molar refractivity (Wildman–Crippen MR) is 98.4 cm³/mol. The molecule has 8 heteroatoms. The first kappa shape index (κ1) is 16.6. The molecule has 1 unspecified atom stereocenters. The molecule has 0 aliphatic carbocycles. The van der Waals surface area contributed by atoms with Gasteiger partial charge in [-0.2, -0.15) is 0 Å². The highest BCUT2D eigenvalue weighted by molar-refractivity contribution is 7.89. The number of carbonyl (C=O) groups is 1. The van der Waals surface area contributed by atoms with Crippen LogP contribution in [0.5, 0.6) is 5.75 Å². The molecular formula is C18H17N3O4S. The van der Waals surface area contributed by atoms with Gasteiger partial charge in [-0.15, -0.1) is 0 Å². The van der Waals surface area contributed by atoms with Crippen LogP contribution in [0.2, 0.25) is 0 Å².